The summed E-state index contributed by atoms with van der Waals surface area (Å²) < 4.78 is 583. The number of aryl methyl sites for hydroxylation is 7. The van der Waals surface area contributed by atoms with Crippen LogP contribution < -0.4 is 13.7 Å². The third-order valence-corrected chi connectivity index (χ3v) is 12.7. The van der Waals surface area contributed by atoms with E-state index in [1.54, 1.807) is 6.92 Å². The van der Waals surface area contributed by atoms with Crippen LogP contribution in [0.15, 0.2) is 48.8 Å². The lowest BCUT2D eigenvalue weighted by Crippen LogP contribution is -2.78. The first-order valence-corrected chi connectivity index (χ1v) is 23.4. The molecule has 0 radical (unpaired) electrons. The van der Waals surface area contributed by atoms with Gasteiger partial charge in [0.05, 0.1) is 0 Å². The SMILES string of the molecule is Cc1cc(C)[n+](CC(F)(F)C(F)(F)C(F)(F)C(F)(F)C(F)(F)C(F)(F)C(F)(F)C(F)(F)C(F)(F)C(F)(F)C(F)(F)F)c(C)c1.Cc1cc(C)[n+](CC(F)(F)C(F)(F)C(F)(F)C(F)(F)C(F)F)c(C)c1.Cc1cc[n+](CC(F)(F)C(F)(F)C(F)(F)C(F)(F)C(F)(F)F)cc1. The molecule has 47 heteroatoms. The molecule has 3 aromatic rings. The summed E-state index contributed by atoms with van der Waals surface area (Å²) >= 11 is 0. The average Bonchev–Trinajstić information content (AvgIpc) is 0.694. The molecule has 0 amide bonds. The van der Waals surface area contributed by atoms with Gasteiger partial charge in [0.15, 0.2) is 35.2 Å². The van der Waals surface area contributed by atoms with Gasteiger partial charge in [-0.25, -0.2) is 8.78 Å². The molecular weight excluding hydrogens is 1430 g/mol. The molecule has 3 rings (SSSR count). The zero-order valence-electron chi connectivity index (χ0n) is 45.8. The first kappa shape index (κ1) is 85.4. The van der Waals surface area contributed by atoms with E-state index in [1.807, 2.05) is 0 Å². The number of halogens is 44. The highest BCUT2D eigenvalue weighted by Gasteiger charge is 2.99. The highest BCUT2D eigenvalue weighted by molar-refractivity contribution is 5.20. The average molecular weight is 1470 g/mol. The molecule has 0 saturated heterocycles. The molecule has 3 nitrogen and oxygen atoms in total. The van der Waals surface area contributed by atoms with Crippen molar-refractivity contribution in [3.8, 4) is 0 Å². The topological polar surface area (TPSA) is 11.6 Å². The predicted molar refractivity (Wildman–Crippen MR) is 220 cm³/mol. The molecule has 0 bridgehead atoms. The molecule has 0 aliphatic heterocycles. The third-order valence-electron chi connectivity index (χ3n) is 12.7. The van der Waals surface area contributed by atoms with Gasteiger partial charge >= 0.3 is 125 Å². The van der Waals surface area contributed by atoms with Crippen LogP contribution >= 0.6 is 0 Å². The van der Waals surface area contributed by atoms with Gasteiger partial charge in [0.2, 0.25) is 19.6 Å². The normalized spacial score (nSPS) is 15.3. The van der Waals surface area contributed by atoms with E-state index in [0.29, 0.717) is 15.7 Å². The van der Waals surface area contributed by atoms with Crippen LogP contribution in [0.3, 0.4) is 0 Å². The van der Waals surface area contributed by atoms with Crippen LogP contribution in [0.4, 0.5) is 193 Å². The van der Waals surface area contributed by atoms with E-state index < -0.39 is 156 Å². The lowest BCUT2D eigenvalue weighted by atomic mass is 9.85. The van der Waals surface area contributed by atoms with E-state index in [2.05, 4.69) is 0 Å². The van der Waals surface area contributed by atoms with Gasteiger partial charge in [0.25, 0.3) is 0 Å². The molecule has 0 atom stereocenters. The minimum absolute atomic E-state index is 0.0306. The van der Waals surface area contributed by atoms with Crippen LogP contribution in [0.25, 0.3) is 0 Å². The Hall–Kier alpha value is -5.63. The molecule has 3 heterocycles. The number of alkyl halides is 44. The van der Waals surface area contributed by atoms with Crippen LogP contribution in [0.2, 0.25) is 0 Å². The summed E-state index contributed by atoms with van der Waals surface area (Å²) in [5, 5.41) is 0. The summed E-state index contributed by atoms with van der Waals surface area (Å²) in [6.07, 6.45) is -19.0. The van der Waals surface area contributed by atoms with Crippen LogP contribution in [-0.2, 0) is 19.6 Å². The van der Waals surface area contributed by atoms with E-state index in [-0.39, 0.29) is 26.1 Å². The third kappa shape index (κ3) is 13.9. The zero-order chi connectivity index (χ0) is 75.1. The van der Waals surface area contributed by atoms with Crippen molar-refractivity contribution < 1.29 is 207 Å². The smallest absolute Gasteiger partial charge is 0.203 e. The molecule has 540 valence electrons. The summed E-state index contributed by atoms with van der Waals surface area (Å²) in [7, 11) is 0. The molecule has 0 unspecified atom stereocenters. The van der Waals surface area contributed by atoms with Gasteiger partial charge in [0, 0.05) is 64.1 Å². The molecular formula is C46H36F44N3+3. The van der Waals surface area contributed by atoms with E-state index in [0.717, 1.165) is 50.5 Å². The van der Waals surface area contributed by atoms with Crippen LogP contribution in [0, 0.1) is 48.5 Å². The molecule has 93 heavy (non-hydrogen) atoms. The fraction of sp³-hybridized carbons (Fsp3) is 0.674. The van der Waals surface area contributed by atoms with Crippen molar-refractivity contribution in [3.05, 3.63) is 88.3 Å². The lowest BCUT2D eigenvalue weighted by Gasteiger charge is -2.45. The summed E-state index contributed by atoms with van der Waals surface area (Å²) in [4.78, 5) is 0. The summed E-state index contributed by atoms with van der Waals surface area (Å²) in [5.41, 5.74) is 0.0214. The second-order valence-corrected chi connectivity index (χ2v) is 19.9. The van der Waals surface area contributed by atoms with Crippen LogP contribution in [0.5, 0.6) is 0 Å². The van der Waals surface area contributed by atoms with Gasteiger partial charge in [-0.05, 0) is 37.5 Å². The number of nitrogens with zero attached hydrogens (tertiary/aromatic N) is 3. The van der Waals surface area contributed by atoms with Gasteiger partial charge in [-0.2, -0.15) is 198 Å². The molecule has 0 saturated carbocycles. The van der Waals surface area contributed by atoms with Crippen molar-refractivity contribution in [1.82, 2.24) is 0 Å². The van der Waals surface area contributed by atoms with Crippen molar-refractivity contribution in [2.45, 2.75) is 193 Å². The van der Waals surface area contributed by atoms with Crippen molar-refractivity contribution in [3.63, 3.8) is 0 Å². The summed E-state index contributed by atoms with van der Waals surface area (Å²) in [5.74, 6) is -141. The number of hydrogen-bond acceptors (Lipinski definition) is 0. The monoisotopic (exact) mass is 1470 g/mol. The largest absolute Gasteiger partial charge is 0.460 e. The van der Waals surface area contributed by atoms with Gasteiger partial charge in [-0.1, -0.05) is 0 Å². The first-order valence-electron chi connectivity index (χ1n) is 23.4. The highest BCUT2D eigenvalue weighted by atomic mass is 19.5. The van der Waals surface area contributed by atoms with Crippen LogP contribution in [-0.4, -0.2) is 125 Å². The van der Waals surface area contributed by atoms with Crippen molar-refractivity contribution in [1.29, 1.82) is 0 Å². The number of pyridine rings is 3. The number of rotatable bonds is 22. The predicted octanol–water partition coefficient (Wildman–Crippen LogP) is 17.9. The van der Waals surface area contributed by atoms with Gasteiger partial charge in [-0.3, -0.25) is 0 Å². The Morgan fingerprint density at radius 1 is 0.258 bits per heavy atom. The van der Waals surface area contributed by atoms with Gasteiger partial charge in [0.1, 0.15) is 0 Å². The Morgan fingerprint density at radius 3 is 0.677 bits per heavy atom. The Labute approximate surface area is 488 Å². The maximum atomic E-state index is 14.3. The summed E-state index contributed by atoms with van der Waals surface area (Å²) in [6.45, 7) is 1.08. The highest BCUT2D eigenvalue weighted by Crippen LogP contribution is 2.68. The molecule has 3 aromatic heterocycles. The maximum Gasteiger partial charge on any atom is 0.460 e. The van der Waals surface area contributed by atoms with Crippen molar-refractivity contribution in [2.75, 3.05) is 0 Å². The van der Waals surface area contributed by atoms with Crippen molar-refractivity contribution in [2.24, 2.45) is 0 Å². The van der Waals surface area contributed by atoms with E-state index in [4.69, 9.17) is 0 Å². The lowest BCUT2D eigenvalue weighted by molar-refractivity contribution is -0.730. The molecule has 0 fully saturated rings. The molecule has 0 aromatic carbocycles. The Bertz CT molecular complexity index is 3010. The molecule has 0 N–H and O–H groups in total. The van der Waals surface area contributed by atoms with Crippen molar-refractivity contribution >= 4 is 0 Å². The fourth-order valence-corrected chi connectivity index (χ4v) is 7.30. The second-order valence-electron chi connectivity index (χ2n) is 19.9. The molecule has 0 aliphatic rings. The molecule has 0 aliphatic carbocycles. The minimum Gasteiger partial charge on any atom is -0.203 e. The van der Waals surface area contributed by atoms with Crippen LogP contribution in [0.1, 0.15) is 39.5 Å². The molecule has 0 spiro atoms. The van der Waals surface area contributed by atoms with Gasteiger partial charge < -0.3 is 0 Å². The second kappa shape index (κ2) is 25.1. The van der Waals surface area contributed by atoms with E-state index in [9.17, 15) is 193 Å². The van der Waals surface area contributed by atoms with E-state index in [1.165, 1.54) is 39.8 Å². The minimum atomic E-state index is -9.40. The maximum absolute atomic E-state index is 14.3. The van der Waals surface area contributed by atoms with Gasteiger partial charge in [-0.15, -0.1) is 0 Å². The number of hydrogen-bond donors (Lipinski definition) is 0. The first-order chi connectivity index (χ1) is 40.3. The zero-order valence-corrected chi connectivity index (χ0v) is 45.8. The fourth-order valence-electron chi connectivity index (χ4n) is 7.30. The Morgan fingerprint density at radius 2 is 0.452 bits per heavy atom. The standard InChI is InChI=1S/C20H13F23N.C14H14F10N.C12H9F11N/c1-7-4-8(2)44(9(3)5-7)6-10(21,22)11(23,24)12(25,26)13(27,28)14(29,30)15(31,32)16(33,34)17(35,36)18(37,38)19(39,40)20(41,42)43;1-7-4-8(2)25(9(3)5-7)6-11(17,18)13(21,22)14(23,24)12(19,20)10(15)16;1-7-2-4-24(5-3-7)6-8(13,14)9(15,16)10(17,18)11(19,20)12(21,22)23/h4-5H,6H2,1-3H3;4-5,10H,6H2,1-3H3;2-5H,6H2,1H3/q3*+1. The van der Waals surface area contributed by atoms with E-state index >= 15 is 0 Å². The summed E-state index contributed by atoms with van der Waals surface area (Å²) in [6, 6.07) is 6.49. The quantitative estimate of drug-likeness (QED) is 0.0702. The Kier molecular flexibility index (Phi) is 23.0. The Balaban J connectivity index is 0.000000750. The number of aromatic nitrogens is 3.